The van der Waals surface area contributed by atoms with E-state index < -0.39 is 25.7 Å². The van der Waals surface area contributed by atoms with Gasteiger partial charge in [0.2, 0.25) is 0 Å². The Bertz CT molecular complexity index is 671. The average molecular weight is 401 g/mol. The molecule has 118 valence electrons. The number of benzene rings is 1. The van der Waals surface area contributed by atoms with Crippen molar-refractivity contribution in [3.05, 3.63) is 28.0 Å². The number of hydrogen-bond donors (Lipinski definition) is 0. The Balaban J connectivity index is 3.32. The first-order chi connectivity index (χ1) is 9.33. The molecule has 0 atom stereocenters. The summed E-state index contributed by atoms with van der Waals surface area (Å²) in [7, 11) is 2.66. The van der Waals surface area contributed by atoms with Crippen LogP contribution in [0, 0.1) is 11.2 Å². The van der Waals surface area contributed by atoms with Gasteiger partial charge in [0.15, 0.2) is 0 Å². The quantitative estimate of drug-likeness (QED) is 0.728. The molecular weight excluding hydrogens is 385 g/mol. The maximum atomic E-state index is 13.6. The molecule has 0 fully saturated rings. The van der Waals surface area contributed by atoms with E-state index in [0.29, 0.717) is 6.54 Å². The van der Waals surface area contributed by atoms with Crippen molar-refractivity contribution in [2.45, 2.75) is 25.7 Å². The van der Waals surface area contributed by atoms with E-state index in [1.165, 1.54) is 4.90 Å². The minimum atomic E-state index is -4.16. The molecule has 0 aliphatic rings. The number of nitrogens with zero attached hydrogens (tertiary/aromatic N) is 1. The lowest BCUT2D eigenvalue weighted by Gasteiger charge is -2.27. The molecule has 0 N–H and O–H groups in total. The number of amides is 1. The molecule has 0 radical (unpaired) electrons. The molecule has 0 spiro atoms. The minimum Gasteiger partial charge on any atom is -0.341 e. The Morgan fingerprint density at radius 3 is 2.33 bits per heavy atom. The monoisotopic (exact) mass is 399 g/mol. The summed E-state index contributed by atoms with van der Waals surface area (Å²) in [5.74, 6) is -1.33. The lowest BCUT2D eigenvalue weighted by molar-refractivity contribution is 0.0744. The lowest BCUT2D eigenvalue weighted by Crippen LogP contribution is -2.34. The Morgan fingerprint density at radius 1 is 1.38 bits per heavy atom. The molecular formula is C13H16BrClFNO3S. The Hall–Kier alpha value is -0.660. The largest absolute Gasteiger partial charge is 0.341 e. The van der Waals surface area contributed by atoms with Crippen LogP contribution in [0.3, 0.4) is 0 Å². The van der Waals surface area contributed by atoms with Crippen molar-refractivity contribution in [2.24, 2.45) is 5.41 Å². The van der Waals surface area contributed by atoms with Crippen molar-refractivity contribution < 1.29 is 17.6 Å². The van der Waals surface area contributed by atoms with Crippen LogP contribution in [0.2, 0.25) is 0 Å². The smallest absolute Gasteiger partial charge is 0.262 e. The van der Waals surface area contributed by atoms with Crippen molar-refractivity contribution >= 4 is 41.6 Å². The fourth-order valence-electron chi connectivity index (χ4n) is 1.89. The molecule has 0 unspecified atom stereocenters. The van der Waals surface area contributed by atoms with Crippen LogP contribution in [0.5, 0.6) is 0 Å². The third-order valence-electron chi connectivity index (χ3n) is 2.56. The van der Waals surface area contributed by atoms with Gasteiger partial charge in [-0.25, -0.2) is 12.8 Å². The Labute approximate surface area is 136 Å². The van der Waals surface area contributed by atoms with Gasteiger partial charge in [0.1, 0.15) is 10.7 Å². The van der Waals surface area contributed by atoms with Gasteiger partial charge in [0, 0.05) is 24.3 Å². The predicted molar refractivity (Wildman–Crippen MR) is 83.6 cm³/mol. The number of halogens is 3. The standard InChI is InChI=1S/C13H16BrClFNO3S/c1-13(2,3)7-17(4)12(18)9-5-8(16)6-10(11(9)14)21(15,19)20/h5-6H,7H2,1-4H3. The molecule has 1 rings (SSSR count). The summed E-state index contributed by atoms with van der Waals surface area (Å²) in [6, 6.07) is 1.75. The first kappa shape index (κ1) is 18.4. The van der Waals surface area contributed by atoms with Gasteiger partial charge in [-0.2, -0.15) is 0 Å². The Morgan fingerprint density at radius 2 is 1.90 bits per heavy atom. The molecule has 0 aliphatic heterocycles. The van der Waals surface area contributed by atoms with Crippen LogP contribution < -0.4 is 0 Å². The number of carbonyl (C=O) groups is 1. The molecule has 4 nitrogen and oxygen atoms in total. The molecule has 1 amide bonds. The Kier molecular flexibility index (Phi) is 5.45. The van der Waals surface area contributed by atoms with E-state index in [1.807, 2.05) is 20.8 Å². The summed E-state index contributed by atoms with van der Waals surface area (Å²) in [6.07, 6.45) is 0. The zero-order valence-electron chi connectivity index (χ0n) is 12.1. The zero-order valence-corrected chi connectivity index (χ0v) is 15.2. The molecule has 0 aromatic heterocycles. The number of hydrogen-bond acceptors (Lipinski definition) is 3. The summed E-state index contributed by atoms with van der Waals surface area (Å²) in [4.78, 5) is 13.3. The maximum absolute atomic E-state index is 13.6. The fraction of sp³-hybridized carbons (Fsp3) is 0.462. The summed E-state index contributed by atoms with van der Waals surface area (Å²) in [5, 5.41) is 0. The van der Waals surface area contributed by atoms with Crippen LogP contribution in [0.1, 0.15) is 31.1 Å². The molecule has 1 aromatic rings. The average Bonchev–Trinajstić information content (AvgIpc) is 2.27. The van der Waals surface area contributed by atoms with E-state index in [9.17, 15) is 17.6 Å². The van der Waals surface area contributed by atoms with E-state index in [0.717, 1.165) is 12.1 Å². The molecule has 0 saturated heterocycles. The van der Waals surface area contributed by atoms with E-state index in [-0.39, 0.29) is 15.5 Å². The molecule has 0 bridgehead atoms. The van der Waals surface area contributed by atoms with Gasteiger partial charge in [-0.15, -0.1) is 0 Å². The topological polar surface area (TPSA) is 54.5 Å². The first-order valence-electron chi connectivity index (χ1n) is 6.02. The van der Waals surface area contributed by atoms with Gasteiger partial charge in [-0.1, -0.05) is 20.8 Å². The van der Waals surface area contributed by atoms with Crippen molar-refractivity contribution in [1.29, 1.82) is 0 Å². The van der Waals surface area contributed by atoms with E-state index >= 15 is 0 Å². The molecule has 0 aliphatic carbocycles. The molecule has 8 heteroatoms. The van der Waals surface area contributed by atoms with Crippen LogP contribution in [-0.4, -0.2) is 32.8 Å². The number of carbonyl (C=O) groups excluding carboxylic acids is 1. The zero-order chi connectivity index (χ0) is 16.6. The van der Waals surface area contributed by atoms with Crippen molar-refractivity contribution in [3.63, 3.8) is 0 Å². The minimum absolute atomic E-state index is 0.0374. The van der Waals surface area contributed by atoms with Gasteiger partial charge in [-0.3, -0.25) is 4.79 Å². The summed E-state index contributed by atoms with van der Waals surface area (Å²) < 4.78 is 36.4. The van der Waals surface area contributed by atoms with Gasteiger partial charge < -0.3 is 4.90 Å². The summed E-state index contributed by atoms with van der Waals surface area (Å²) in [6.45, 7) is 6.28. The highest BCUT2D eigenvalue weighted by atomic mass is 79.9. The van der Waals surface area contributed by atoms with Crippen molar-refractivity contribution in [3.8, 4) is 0 Å². The highest BCUT2D eigenvalue weighted by Gasteiger charge is 2.25. The van der Waals surface area contributed by atoms with Crippen LogP contribution in [0.4, 0.5) is 4.39 Å². The van der Waals surface area contributed by atoms with Gasteiger partial charge in [0.25, 0.3) is 15.0 Å². The molecule has 21 heavy (non-hydrogen) atoms. The van der Waals surface area contributed by atoms with Gasteiger partial charge in [0.05, 0.1) is 10.0 Å². The van der Waals surface area contributed by atoms with Crippen LogP contribution in [0.25, 0.3) is 0 Å². The van der Waals surface area contributed by atoms with Crippen LogP contribution in [0.15, 0.2) is 21.5 Å². The lowest BCUT2D eigenvalue weighted by atomic mass is 9.96. The summed E-state index contributed by atoms with van der Waals surface area (Å²) in [5.41, 5.74) is -0.230. The predicted octanol–water partition coefficient (Wildman–Crippen LogP) is 3.63. The second-order valence-corrected chi connectivity index (χ2v) is 9.25. The van der Waals surface area contributed by atoms with Gasteiger partial charge >= 0.3 is 0 Å². The van der Waals surface area contributed by atoms with Crippen molar-refractivity contribution in [2.75, 3.05) is 13.6 Å². The van der Waals surface area contributed by atoms with E-state index in [2.05, 4.69) is 15.9 Å². The van der Waals surface area contributed by atoms with E-state index in [4.69, 9.17) is 10.7 Å². The molecule has 0 saturated carbocycles. The normalized spacial score (nSPS) is 12.3. The molecule has 1 aromatic carbocycles. The second-order valence-electron chi connectivity index (χ2n) is 5.93. The van der Waals surface area contributed by atoms with Gasteiger partial charge in [-0.05, 0) is 33.5 Å². The fourth-order valence-corrected chi connectivity index (χ4v) is 4.15. The molecule has 0 heterocycles. The number of rotatable bonds is 3. The second kappa shape index (κ2) is 6.22. The third-order valence-corrected chi connectivity index (χ3v) is 5.02. The van der Waals surface area contributed by atoms with Crippen LogP contribution in [-0.2, 0) is 9.05 Å². The van der Waals surface area contributed by atoms with Crippen molar-refractivity contribution in [1.82, 2.24) is 4.90 Å². The SMILES string of the molecule is CN(CC(C)(C)C)C(=O)c1cc(F)cc(S(=O)(=O)Cl)c1Br. The highest BCUT2D eigenvalue weighted by molar-refractivity contribution is 9.10. The summed E-state index contributed by atoms with van der Waals surface area (Å²) >= 11 is 3.02. The third kappa shape index (κ3) is 4.93. The first-order valence-corrected chi connectivity index (χ1v) is 9.12. The van der Waals surface area contributed by atoms with Crippen LogP contribution >= 0.6 is 26.6 Å². The highest BCUT2D eigenvalue weighted by Crippen LogP contribution is 2.30. The van der Waals surface area contributed by atoms with E-state index in [1.54, 1.807) is 7.05 Å². The maximum Gasteiger partial charge on any atom is 0.262 e.